The molecule has 1 aromatic rings. The van der Waals surface area contributed by atoms with E-state index in [2.05, 4.69) is 33.0 Å². The zero-order chi connectivity index (χ0) is 13.8. The van der Waals surface area contributed by atoms with Gasteiger partial charge in [-0.25, -0.2) is 0 Å². The number of nitrogens with two attached hydrogens (primary N) is 1. The van der Waals surface area contributed by atoms with Gasteiger partial charge in [-0.1, -0.05) is 15.9 Å². The molecule has 5 heteroatoms. The van der Waals surface area contributed by atoms with Crippen LogP contribution in [0.2, 0.25) is 0 Å². The first-order valence-electron chi connectivity index (χ1n) is 6.61. The maximum Gasteiger partial charge on any atom is 0.219 e. The molecule has 1 aliphatic heterocycles. The summed E-state index contributed by atoms with van der Waals surface area (Å²) in [4.78, 5) is 15.7. The van der Waals surface area contributed by atoms with Crippen LogP contribution in [0.5, 0.6) is 0 Å². The standard InChI is InChI=1S/C14H20BrN3O/c1-11(19)17-5-2-6-18(8-7-17)14-4-3-13(15)9-12(14)10-16/h3-4,9H,2,5-8,10,16H2,1H3. The van der Waals surface area contributed by atoms with Crippen molar-refractivity contribution in [2.45, 2.75) is 19.9 Å². The minimum absolute atomic E-state index is 0.164. The van der Waals surface area contributed by atoms with Crippen LogP contribution >= 0.6 is 15.9 Å². The van der Waals surface area contributed by atoms with Gasteiger partial charge in [0.25, 0.3) is 0 Å². The number of nitrogens with zero attached hydrogens (tertiary/aromatic N) is 2. The molecule has 1 aliphatic rings. The van der Waals surface area contributed by atoms with Gasteiger partial charge in [-0.15, -0.1) is 0 Å². The van der Waals surface area contributed by atoms with Crippen molar-refractivity contribution in [3.05, 3.63) is 28.2 Å². The first-order valence-corrected chi connectivity index (χ1v) is 7.40. The van der Waals surface area contributed by atoms with Crippen LogP contribution in [0.3, 0.4) is 0 Å². The highest BCUT2D eigenvalue weighted by molar-refractivity contribution is 9.10. The molecule has 19 heavy (non-hydrogen) atoms. The molecule has 1 amide bonds. The van der Waals surface area contributed by atoms with Gasteiger partial charge >= 0.3 is 0 Å². The van der Waals surface area contributed by atoms with Gasteiger partial charge in [0.2, 0.25) is 5.91 Å². The van der Waals surface area contributed by atoms with Gasteiger partial charge in [0.05, 0.1) is 0 Å². The van der Waals surface area contributed by atoms with E-state index in [9.17, 15) is 4.79 Å². The number of benzene rings is 1. The van der Waals surface area contributed by atoms with E-state index in [0.717, 1.165) is 42.6 Å². The van der Waals surface area contributed by atoms with Crippen molar-refractivity contribution in [2.24, 2.45) is 5.73 Å². The Hall–Kier alpha value is -1.07. The summed E-state index contributed by atoms with van der Waals surface area (Å²) in [6.07, 6.45) is 1.000. The van der Waals surface area contributed by atoms with Gasteiger partial charge < -0.3 is 15.5 Å². The largest absolute Gasteiger partial charge is 0.369 e. The van der Waals surface area contributed by atoms with Crippen LogP contribution in [-0.2, 0) is 11.3 Å². The highest BCUT2D eigenvalue weighted by Gasteiger charge is 2.18. The van der Waals surface area contributed by atoms with Crippen molar-refractivity contribution < 1.29 is 4.79 Å². The number of rotatable bonds is 2. The first kappa shape index (κ1) is 14.3. The number of anilines is 1. The monoisotopic (exact) mass is 325 g/mol. The molecule has 1 aromatic carbocycles. The Balaban J connectivity index is 2.16. The number of carbonyl (C=O) groups is 1. The fourth-order valence-corrected chi connectivity index (χ4v) is 2.91. The van der Waals surface area contributed by atoms with Crippen LogP contribution in [0.15, 0.2) is 22.7 Å². The molecule has 4 nitrogen and oxygen atoms in total. The van der Waals surface area contributed by atoms with E-state index in [1.807, 2.05) is 11.0 Å². The van der Waals surface area contributed by atoms with Crippen molar-refractivity contribution in [3.63, 3.8) is 0 Å². The molecule has 0 radical (unpaired) electrons. The molecule has 2 rings (SSSR count). The van der Waals surface area contributed by atoms with Crippen molar-refractivity contribution in [2.75, 3.05) is 31.1 Å². The van der Waals surface area contributed by atoms with Gasteiger partial charge in [0.15, 0.2) is 0 Å². The fourth-order valence-electron chi connectivity index (χ4n) is 2.50. The molecular formula is C14H20BrN3O. The molecule has 104 valence electrons. The molecule has 0 saturated carbocycles. The summed E-state index contributed by atoms with van der Waals surface area (Å²) in [7, 11) is 0. The fraction of sp³-hybridized carbons (Fsp3) is 0.500. The molecule has 0 aliphatic carbocycles. The Labute approximate surface area is 122 Å². The summed E-state index contributed by atoms with van der Waals surface area (Å²) < 4.78 is 1.05. The maximum absolute atomic E-state index is 11.4. The van der Waals surface area contributed by atoms with Crippen molar-refractivity contribution >= 4 is 27.5 Å². The lowest BCUT2D eigenvalue weighted by Crippen LogP contribution is -2.34. The Morgan fingerprint density at radius 2 is 2.11 bits per heavy atom. The van der Waals surface area contributed by atoms with Gasteiger partial charge in [0.1, 0.15) is 0 Å². The Bertz CT molecular complexity index is 464. The van der Waals surface area contributed by atoms with Gasteiger partial charge in [-0.2, -0.15) is 0 Å². The lowest BCUT2D eigenvalue weighted by Gasteiger charge is -2.25. The van der Waals surface area contributed by atoms with E-state index >= 15 is 0 Å². The third kappa shape index (κ3) is 3.48. The van der Waals surface area contributed by atoms with E-state index in [1.165, 1.54) is 5.69 Å². The highest BCUT2D eigenvalue weighted by Crippen LogP contribution is 2.25. The minimum atomic E-state index is 0.164. The Morgan fingerprint density at radius 1 is 1.32 bits per heavy atom. The minimum Gasteiger partial charge on any atom is -0.369 e. The average Bonchev–Trinajstić information content (AvgIpc) is 2.64. The molecule has 1 fully saturated rings. The van der Waals surface area contributed by atoms with Crippen molar-refractivity contribution in [1.82, 2.24) is 4.90 Å². The maximum atomic E-state index is 11.4. The summed E-state index contributed by atoms with van der Waals surface area (Å²) in [6.45, 7) is 5.64. The summed E-state index contributed by atoms with van der Waals surface area (Å²) in [6, 6.07) is 6.22. The van der Waals surface area contributed by atoms with Gasteiger partial charge in [-0.05, 0) is 30.2 Å². The molecule has 2 N–H and O–H groups in total. The number of carbonyl (C=O) groups excluding carboxylic acids is 1. The Morgan fingerprint density at radius 3 is 2.79 bits per heavy atom. The van der Waals surface area contributed by atoms with Crippen LogP contribution in [0.25, 0.3) is 0 Å². The summed E-state index contributed by atoms with van der Waals surface area (Å²) in [5.74, 6) is 0.164. The average molecular weight is 326 g/mol. The summed E-state index contributed by atoms with van der Waals surface area (Å²) >= 11 is 3.48. The van der Waals surface area contributed by atoms with Crippen LogP contribution in [-0.4, -0.2) is 37.0 Å². The van der Waals surface area contributed by atoms with E-state index in [-0.39, 0.29) is 5.91 Å². The van der Waals surface area contributed by atoms with E-state index in [1.54, 1.807) is 6.92 Å². The highest BCUT2D eigenvalue weighted by atomic mass is 79.9. The van der Waals surface area contributed by atoms with Crippen LogP contribution in [0.4, 0.5) is 5.69 Å². The number of hydrogen-bond acceptors (Lipinski definition) is 3. The Kier molecular flexibility index (Phi) is 4.82. The smallest absolute Gasteiger partial charge is 0.219 e. The lowest BCUT2D eigenvalue weighted by molar-refractivity contribution is -0.128. The molecule has 1 heterocycles. The SMILES string of the molecule is CC(=O)N1CCCN(c2ccc(Br)cc2CN)CC1. The van der Waals surface area contributed by atoms with Crippen LogP contribution < -0.4 is 10.6 Å². The zero-order valence-electron chi connectivity index (χ0n) is 11.2. The molecule has 0 unspecified atom stereocenters. The quantitative estimate of drug-likeness (QED) is 0.904. The predicted octanol–water partition coefficient (Wildman–Crippen LogP) is 1.97. The van der Waals surface area contributed by atoms with Gasteiger partial charge in [-0.3, -0.25) is 4.79 Å². The summed E-state index contributed by atoms with van der Waals surface area (Å²) in [5, 5.41) is 0. The second kappa shape index (κ2) is 6.39. The van der Waals surface area contributed by atoms with E-state index in [4.69, 9.17) is 5.73 Å². The zero-order valence-corrected chi connectivity index (χ0v) is 12.8. The second-order valence-corrected chi connectivity index (χ2v) is 5.74. The number of halogens is 1. The molecule has 0 spiro atoms. The van der Waals surface area contributed by atoms with Crippen LogP contribution in [0, 0.1) is 0 Å². The van der Waals surface area contributed by atoms with E-state index in [0.29, 0.717) is 6.54 Å². The molecule has 1 saturated heterocycles. The molecular weight excluding hydrogens is 306 g/mol. The van der Waals surface area contributed by atoms with Crippen molar-refractivity contribution in [3.8, 4) is 0 Å². The number of amides is 1. The third-order valence-corrected chi connectivity index (χ3v) is 4.04. The molecule has 0 atom stereocenters. The van der Waals surface area contributed by atoms with Gasteiger partial charge in [0, 0.05) is 49.8 Å². The summed E-state index contributed by atoms with van der Waals surface area (Å²) in [5.41, 5.74) is 8.16. The molecule has 0 bridgehead atoms. The third-order valence-electron chi connectivity index (χ3n) is 3.54. The molecule has 0 aromatic heterocycles. The van der Waals surface area contributed by atoms with E-state index < -0.39 is 0 Å². The van der Waals surface area contributed by atoms with Crippen molar-refractivity contribution in [1.29, 1.82) is 0 Å². The predicted molar refractivity (Wildman–Crippen MR) is 81.1 cm³/mol. The number of hydrogen-bond donors (Lipinski definition) is 1. The normalized spacial score (nSPS) is 16.4. The van der Waals surface area contributed by atoms with Crippen LogP contribution in [0.1, 0.15) is 18.9 Å². The lowest BCUT2D eigenvalue weighted by atomic mass is 10.1. The first-order chi connectivity index (χ1) is 9.11. The topological polar surface area (TPSA) is 49.6 Å². The second-order valence-electron chi connectivity index (χ2n) is 4.82.